The van der Waals surface area contributed by atoms with E-state index in [1.165, 1.54) is 0 Å². The van der Waals surface area contributed by atoms with E-state index in [9.17, 15) is 4.39 Å². The van der Waals surface area contributed by atoms with Crippen molar-refractivity contribution in [3.63, 3.8) is 0 Å². The van der Waals surface area contributed by atoms with Gasteiger partial charge < -0.3 is 5.32 Å². The molecule has 1 aliphatic rings. The first-order chi connectivity index (χ1) is 6.79. The molecule has 0 amide bonds. The number of halogens is 2. The minimum absolute atomic E-state index is 0.148. The van der Waals surface area contributed by atoms with Gasteiger partial charge in [0, 0.05) is 27.9 Å². The molecule has 0 radical (unpaired) electrons. The first kappa shape index (κ1) is 10.6. The van der Waals surface area contributed by atoms with Gasteiger partial charge in [-0.15, -0.1) is 0 Å². The molecular weight excluding hydrogens is 265 g/mol. The van der Waals surface area contributed by atoms with Crippen LogP contribution in [0.4, 0.5) is 4.39 Å². The second-order valence-corrected chi connectivity index (χ2v) is 5.28. The summed E-state index contributed by atoms with van der Waals surface area (Å²) in [7, 11) is 0. The van der Waals surface area contributed by atoms with Gasteiger partial charge in [0.15, 0.2) is 0 Å². The van der Waals surface area contributed by atoms with Crippen LogP contribution in [0.2, 0.25) is 0 Å². The Morgan fingerprint density at radius 1 is 1.57 bits per heavy atom. The van der Waals surface area contributed by atoms with Gasteiger partial charge in [0.1, 0.15) is 6.17 Å². The molecule has 78 valence electrons. The quantitative estimate of drug-likeness (QED) is 0.872. The molecule has 1 aromatic heterocycles. The molecule has 1 fully saturated rings. The maximum atomic E-state index is 14.1. The van der Waals surface area contributed by atoms with Crippen molar-refractivity contribution in [3.8, 4) is 0 Å². The molecule has 2 heterocycles. The van der Waals surface area contributed by atoms with Crippen LogP contribution in [0.1, 0.15) is 24.6 Å². The zero-order chi connectivity index (χ0) is 9.97. The van der Waals surface area contributed by atoms with E-state index >= 15 is 0 Å². The van der Waals surface area contributed by atoms with Crippen LogP contribution in [0.25, 0.3) is 0 Å². The summed E-state index contributed by atoms with van der Waals surface area (Å²) in [5, 5.41) is 7.09. The smallest absolute Gasteiger partial charge is 0.131 e. The van der Waals surface area contributed by atoms with Crippen molar-refractivity contribution in [2.24, 2.45) is 5.92 Å². The Labute approximate surface area is 95.8 Å². The molecule has 0 aromatic carbocycles. The summed E-state index contributed by atoms with van der Waals surface area (Å²) in [6.45, 7) is 1.84. The van der Waals surface area contributed by atoms with Crippen molar-refractivity contribution in [1.82, 2.24) is 5.32 Å². The number of hydrogen-bond donors (Lipinski definition) is 1. The molecule has 1 nitrogen and oxygen atoms in total. The highest BCUT2D eigenvalue weighted by molar-refractivity contribution is 9.10. The van der Waals surface area contributed by atoms with E-state index in [4.69, 9.17) is 0 Å². The van der Waals surface area contributed by atoms with E-state index < -0.39 is 6.17 Å². The zero-order valence-electron chi connectivity index (χ0n) is 7.80. The standard InChI is InChI=1S/C10H13BrFNS/c11-9-6-14-5-8(9)10(12)7-2-1-3-13-4-7/h5-7,10,13H,1-4H2. The highest BCUT2D eigenvalue weighted by atomic mass is 79.9. The summed E-state index contributed by atoms with van der Waals surface area (Å²) in [6.07, 6.45) is 1.27. The summed E-state index contributed by atoms with van der Waals surface area (Å²) in [6, 6.07) is 0. The molecule has 1 saturated heterocycles. The molecule has 2 unspecified atom stereocenters. The molecule has 0 saturated carbocycles. The van der Waals surface area contributed by atoms with Crippen molar-refractivity contribution in [2.45, 2.75) is 19.0 Å². The molecule has 4 heteroatoms. The molecule has 1 aliphatic heterocycles. The topological polar surface area (TPSA) is 12.0 Å². The van der Waals surface area contributed by atoms with E-state index in [-0.39, 0.29) is 5.92 Å². The second kappa shape index (κ2) is 4.73. The predicted molar refractivity (Wildman–Crippen MR) is 61.5 cm³/mol. The van der Waals surface area contributed by atoms with E-state index in [2.05, 4.69) is 21.2 Å². The van der Waals surface area contributed by atoms with Crippen LogP contribution in [-0.4, -0.2) is 13.1 Å². The van der Waals surface area contributed by atoms with Crippen molar-refractivity contribution in [3.05, 3.63) is 20.8 Å². The summed E-state index contributed by atoms with van der Waals surface area (Å²) in [5.41, 5.74) is 0.823. The Hall–Kier alpha value is 0.0700. The normalized spacial score (nSPS) is 24.9. The average molecular weight is 278 g/mol. The van der Waals surface area contributed by atoms with E-state index in [0.29, 0.717) is 0 Å². The van der Waals surface area contributed by atoms with Gasteiger partial charge in [-0.25, -0.2) is 4.39 Å². The van der Waals surface area contributed by atoms with Crippen molar-refractivity contribution < 1.29 is 4.39 Å². The fourth-order valence-corrected chi connectivity index (χ4v) is 3.41. The molecule has 1 N–H and O–H groups in total. The number of alkyl halides is 1. The van der Waals surface area contributed by atoms with Crippen LogP contribution in [0, 0.1) is 5.92 Å². The van der Waals surface area contributed by atoms with Gasteiger partial charge >= 0.3 is 0 Å². The highest BCUT2D eigenvalue weighted by Gasteiger charge is 2.26. The first-order valence-electron chi connectivity index (χ1n) is 4.85. The van der Waals surface area contributed by atoms with Crippen LogP contribution < -0.4 is 5.32 Å². The van der Waals surface area contributed by atoms with Gasteiger partial charge in [-0.2, -0.15) is 11.3 Å². The van der Waals surface area contributed by atoms with E-state index in [1.807, 2.05) is 10.8 Å². The second-order valence-electron chi connectivity index (χ2n) is 3.68. The minimum atomic E-state index is -0.816. The molecule has 0 aliphatic carbocycles. The molecule has 0 bridgehead atoms. The third-order valence-electron chi connectivity index (χ3n) is 2.69. The zero-order valence-corrected chi connectivity index (χ0v) is 10.2. The molecule has 1 aromatic rings. The van der Waals surface area contributed by atoms with Crippen LogP contribution in [0.3, 0.4) is 0 Å². The monoisotopic (exact) mass is 277 g/mol. The molecule has 0 spiro atoms. The fourth-order valence-electron chi connectivity index (χ4n) is 1.87. The number of piperidine rings is 1. The fraction of sp³-hybridized carbons (Fsp3) is 0.600. The van der Waals surface area contributed by atoms with Gasteiger partial charge in [-0.05, 0) is 40.7 Å². The van der Waals surface area contributed by atoms with Gasteiger partial charge in [0.05, 0.1) is 0 Å². The van der Waals surface area contributed by atoms with Crippen LogP contribution in [0.15, 0.2) is 15.2 Å². The largest absolute Gasteiger partial charge is 0.316 e. The van der Waals surface area contributed by atoms with E-state index in [0.717, 1.165) is 36.0 Å². The van der Waals surface area contributed by atoms with Gasteiger partial charge in [-0.1, -0.05) is 0 Å². The average Bonchev–Trinajstić information content (AvgIpc) is 2.65. The van der Waals surface area contributed by atoms with Crippen LogP contribution >= 0.6 is 27.3 Å². The summed E-state index contributed by atoms with van der Waals surface area (Å²) >= 11 is 4.93. The van der Waals surface area contributed by atoms with Gasteiger partial charge in [-0.3, -0.25) is 0 Å². The van der Waals surface area contributed by atoms with E-state index in [1.54, 1.807) is 11.3 Å². The first-order valence-corrected chi connectivity index (χ1v) is 6.59. The number of rotatable bonds is 2. The Kier molecular flexibility index (Phi) is 3.57. The van der Waals surface area contributed by atoms with Crippen molar-refractivity contribution >= 4 is 27.3 Å². The van der Waals surface area contributed by atoms with Crippen LogP contribution in [0.5, 0.6) is 0 Å². The van der Waals surface area contributed by atoms with Crippen LogP contribution in [-0.2, 0) is 0 Å². The third-order valence-corrected chi connectivity index (χ3v) is 4.44. The number of thiophene rings is 1. The van der Waals surface area contributed by atoms with Crippen molar-refractivity contribution in [1.29, 1.82) is 0 Å². The van der Waals surface area contributed by atoms with Crippen molar-refractivity contribution in [2.75, 3.05) is 13.1 Å². The Morgan fingerprint density at radius 2 is 2.43 bits per heavy atom. The number of nitrogens with one attached hydrogen (secondary N) is 1. The third kappa shape index (κ3) is 2.18. The Morgan fingerprint density at radius 3 is 3.00 bits per heavy atom. The maximum Gasteiger partial charge on any atom is 0.131 e. The lowest BCUT2D eigenvalue weighted by molar-refractivity contribution is 0.194. The lowest BCUT2D eigenvalue weighted by Crippen LogP contribution is -2.32. The lowest BCUT2D eigenvalue weighted by Gasteiger charge is -2.25. The minimum Gasteiger partial charge on any atom is -0.316 e. The summed E-state index contributed by atoms with van der Waals surface area (Å²) in [4.78, 5) is 0. The molecule has 2 rings (SSSR count). The Balaban J connectivity index is 2.07. The lowest BCUT2D eigenvalue weighted by atomic mass is 9.92. The highest BCUT2D eigenvalue weighted by Crippen LogP contribution is 2.36. The molecule has 2 atom stereocenters. The summed E-state index contributed by atoms with van der Waals surface area (Å²) in [5.74, 6) is 0.148. The number of hydrogen-bond acceptors (Lipinski definition) is 2. The predicted octanol–water partition coefficient (Wildman–Crippen LogP) is 3.52. The maximum absolute atomic E-state index is 14.1. The SMILES string of the molecule is FC(c1cscc1Br)C1CCCNC1. The molecule has 14 heavy (non-hydrogen) atoms. The summed E-state index contributed by atoms with van der Waals surface area (Å²) < 4.78 is 15.0. The Bertz CT molecular complexity index is 296. The van der Waals surface area contributed by atoms with Gasteiger partial charge in [0.25, 0.3) is 0 Å². The molecular formula is C10H13BrFNS. The van der Waals surface area contributed by atoms with Gasteiger partial charge in [0.2, 0.25) is 0 Å².